The molecule has 1 N–H and O–H groups in total. The first-order valence-electron chi connectivity index (χ1n) is 8.59. The molecule has 2 fully saturated rings. The lowest BCUT2D eigenvalue weighted by atomic mass is 9.78. The zero-order chi connectivity index (χ0) is 17.1. The van der Waals surface area contributed by atoms with Crippen molar-refractivity contribution >= 4 is 17.6 Å². The van der Waals surface area contributed by atoms with Gasteiger partial charge < -0.3 is 14.9 Å². The topological polar surface area (TPSA) is 60.9 Å². The summed E-state index contributed by atoms with van der Waals surface area (Å²) >= 11 is 0. The van der Waals surface area contributed by atoms with Crippen LogP contribution in [0.25, 0.3) is 0 Å². The van der Waals surface area contributed by atoms with Crippen LogP contribution in [-0.2, 0) is 9.59 Å². The number of hydrogen-bond donors (Lipinski definition) is 1. The highest BCUT2D eigenvalue weighted by Gasteiger charge is 2.38. The Morgan fingerprint density at radius 3 is 2.25 bits per heavy atom. The van der Waals surface area contributed by atoms with Crippen LogP contribution in [0.2, 0.25) is 0 Å². The highest BCUT2D eigenvalue weighted by molar-refractivity contribution is 5.85. The minimum absolute atomic E-state index is 0.0460. The molecule has 1 aliphatic carbocycles. The molecule has 0 radical (unpaired) electrons. The second-order valence-electron chi connectivity index (χ2n) is 6.60. The Morgan fingerprint density at radius 1 is 1.00 bits per heavy atom. The maximum Gasteiger partial charge on any atom is 0.307 e. The fourth-order valence-corrected chi connectivity index (χ4v) is 3.83. The van der Waals surface area contributed by atoms with Gasteiger partial charge in [-0.15, -0.1) is 0 Å². The SMILES string of the molecule is O=C(O)[C@H]1CCCC[C@H]1C(=O)N1CCN(c2ccccc2F)CC1. The minimum Gasteiger partial charge on any atom is -0.481 e. The molecule has 1 saturated carbocycles. The van der Waals surface area contributed by atoms with Crippen LogP contribution < -0.4 is 4.90 Å². The number of hydrogen-bond acceptors (Lipinski definition) is 3. The number of carbonyl (C=O) groups is 2. The smallest absolute Gasteiger partial charge is 0.307 e. The zero-order valence-corrected chi connectivity index (χ0v) is 13.7. The number of halogens is 1. The number of amides is 1. The van der Waals surface area contributed by atoms with E-state index in [0.717, 1.165) is 12.8 Å². The number of carbonyl (C=O) groups excluding carboxylic acids is 1. The molecule has 1 amide bonds. The molecule has 1 aromatic rings. The number of aliphatic carboxylic acids is 1. The maximum atomic E-state index is 13.9. The van der Waals surface area contributed by atoms with Gasteiger partial charge in [0.25, 0.3) is 0 Å². The van der Waals surface area contributed by atoms with Crippen molar-refractivity contribution in [3.63, 3.8) is 0 Å². The molecule has 1 aliphatic heterocycles. The van der Waals surface area contributed by atoms with Gasteiger partial charge in [0.05, 0.1) is 17.5 Å². The van der Waals surface area contributed by atoms with Crippen LogP contribution in [0.1, 0.15) is 25.7 Å². The van der Waals surface area contributed by atoms with Crippen molar-refractivity contribution in [2.75, 3.05) is 31.1 Å². The van der Waals surface area contributed by atoms with Crippen molar-refractivity contribution in [1.82, 2.24) is 4.90 Å². The number of nitrogens with zero attached hydrogens (tertiary/aromatic N) is 2. The molecular weight excluding hydrogens is 311 g/mol. The molecule has 2 atom stereocenters. The van der Waals surface area contributed by atoms with Gasteiger partial charge in [-0.05, 0) is 25.0 Å². The predicted octanol–water partition coefficient (Wildman–Crippen LogP) is 2.37. The van der Waals surface area contributed by atoms with Crippen LogP contribution in [0.3, 0.4) is 0 Å². The van der Waals surface area contributed by atoms with Gasteiger partial charge in [0.2, 0.25) is 5.91 Å². The molecule has 1 saturated heterocycles. The van der Waals surface area contributed by atoms with Crippen LogP contribution >= 0.6 is 0 Å². The van der Waals surface area contributed by atoms with Crippen LogP contribution in [0.4, 0.5) is 10.1 Å². The summed E-state index contributed by atoms with van der Waals surface area (Å²) in [6, 6.07) is 6.64. The average molecular weight is 334 g/mol. The maximum absolute atomic E-state index is 13.9. The van der Waals surface area contributed by atoms with E-state index in [2.05, 4.69) is 0 Å². The molecular formula is C18H23FN2O3. The van der Waals surface area contributed by atoms with Crippen molar-refractivity contribution in [2.24, 2.45) is 11.8 Å². The molecule has 24 heavy (non-hydrogen) atoms. The summed E-state index contributed by atoms with van der Waals surface area (Å²) in [5.74, 6) is -2.13. The zero-order valence-electron chi connectivity index (χ0n) is 13.7. The van der Waals surface area contributed by atoms with Gasteiger partial charge in [-0.3, -0.25) is 9.59 Å². The number of rotatable bonds is 3. The first-order chi connectivity index (χ1) is 11.6. The summed E-state index contributed by atoms with van der Waals surface area (Å²) in [5, 5.41) is 9.36. The van der Waals surface area contributed by atoms with Crippen molar-refractivity contribution in [3.05, 3.63) is 30.1 Å². The molecule has 0 bridgehead atoms. The van der Waals surface area contributed by atoms with Crippen LogP contribution in [-0.4, -0.2) is 48.1 Å². The number of piperazine rings is 1. The highest BCUT2D eigenvalue weighted by atomic mass is 19.1. The summed E-state index contributed by atoms with van der Waals surface area (Å²) in [5.41, 5.74) is 0.561. The second kappa shape index (κ2) is 7.20. The Kier molecular flexibility index (Phi) is 5.02. The molecule has 1 aromatic carbocycles. The normalized spacial score (nSPS) is 24.7. The summed E-state index contributed by atoms with van der Waals surface area (Å²) in [7, 11) is 0. The van der Waals surface area contributed by atoms with E-state index in [0.29, 0.717) is 44.7 Å². The summed E-state index contributed by atoms with van der Waals surface area (Å²) in [4.78, 5) is 27.8. The molecule has 0 unspecified atom stereocenters. The van der Waals surface area contributed by atoms with Gasteiger partial charge in [0, 0.05) is 26.2 Å². The fraction of sp³-hybridized carbons (Fsp3) is 0.556. The van der Waals surface area contributed by atoms with Crippen molar-refractivity contribution in [1.29, 1.82) is 0 Å². The summed E-state index contributed by atoms with van der Waals surface area (Å²) < 4.78 is 13.9. The van der Waals surface area contributed by atoms with E-state index in [9.17, 15) is 19.1 Å². The van der Waals surface area contributed by atoms with Gasteiger partial charge in [-0.25, -0.2) is 4.39 Å². The summed E-state index contributed by atoms with van der Waals surface area (Å²) in [6.07, 6.45) is 3.03. The lowest BCUT2D eigenvalue weighted by molar-refractivity contribution is -0.152. The third-order valence-electron chi connectivity index (χ3n) is 5.18. The van der Waals surface area contributed by atoms with Crippen LogP contribution in [0.5, 0.6) is 0 Å². The third-order valence-corrected chi connectivity index (χ3v) is 5.18. The lowest BCUT2D eigenvalue weighted by Crippen LogP contribution is -2.52. The van der Waals surface area contributed by atoms with Crippen molar-refractivity contribution in [3.8, 4) is 0 Å². The number of carboxylic acid groups (broad SMARTS) is 1. The van der Waals surface area contributed by atoms with Crippen LogP contribution in [0, 0.1) is 17.7 Å². The first kappa shape index (κ1) is 16.7. The lowest BCUT2D eigenvalue weighted by Gasteiger charge is -2.39. The molecule has 6 heteroatoms. The monoisotopic (exact) mass is 334 g/mol. The largest absolute Gasteiger partial charge is 0.481 e. The van der Waals surface area contributed by atoms with E-state index >= 15 is 0 Å². The minimum atomic E-state index is -0.863. The van der Waals surface area contributed by atoms with E-state index in [1.165, 1.54) is 6.07 Å². The first-order valence-corrected chi connectivity index (χ1v) is 8.59. The van der Waals surface area contributed by atoms with Crippen molar-refractivity contribution in [2.45, 2.75) is 25.7 Å². The Bertz CT molecular complexity index is 614. The van der Waals surface area contributed by atoms with Crippen LogP contribution in [0.15, 0.2) is 24.3 Å². The van der Waals surface area contributed by atoms with Gasteiger partial charge in [-0.1, -0.05) is 25.0 Å². The van der Waals surface area contributed by atoms with E-state index in [1.807, 2.05) is 4.90 Å². The molecule has 3 rings (SSSR count). The summed E-state index contributed by atoms with van der Waals surface area (Å²) in [6.45, 7) is 2.15. The Balaban J connectivity index is 1.62. The standard InChI is InChI=1S/C18H23FN2O3/c19-15-7-3-4-8-16(15)20-9-11-21(12-10-20)17(22)13-5-1-2-6-14(13)18(23)24/h3-4,7-8,13-14H,1-2,5-6,9-12H2,(H,23,24)/t13-,14+/m1/s1. The van der Waals surface area contributed by atoms with Gasteiger partial charge in [-0.2, -0.15) is 0 Å². The fourth-order valence-electron chi connectivity index (χ4n) is 3.83. The van der Waals surface area contributed by atoms with E-state index in [1.54, 1.807) is 23.1 Å². The molecule has 0 aromatic heterocycles. The van der Waals surface area contributed by atoms with E-state index in [4.69, 9.17) is 0 Å². The third kappa shape index (κ3) is 3.37. The Morgan fingerprint density at radius 2 is 1.62 bits per heavy atom. The number of benzene rings is 1. The quantitative estimate of drug-likeness (QED) is 0.922. The predicted molar refractivity (Wildman–Crippen MR) is 88.3 cm³/mol. The number of para-hydroxylation sites is 1. The molecule has 1 heterocycles. The Hall–Kier alpha value is -2.11. The van der Waals surface area contributed by atoms with E-state index in [-0.39, 0.29) is 11.7 Å². The number of anilines is 1. The van der Waals surface area contributed by atoms with Gasteiger partial charge in [0.15, 0.2) is 0 Å². The molecule has 0 spiro atoms. The average Bonchev–Trinajstić information content (AvgIpc) is 2.62. The number of carboxylic acids is 1. The van der Waals surface area contributed by atoms with Gasteiger partial charge in [0.1, 0.15) is 5.82 Å². The molecule has 5 nitrogen and oxygen atoms in total. The second-order valence-corrected chi connectivity index (χ2v) is 6.60. The molecule has 130 valence electrons. The highest BCUT2D eigenvalue weighted by Crippen LogP contribution is 2.32. The van der Waals surface area contributed by atoms with Gasteiger partial charge >= 0.3 is 5.97 Å². The molecule has 2 aliphatic rings. The van der Waals surface area contributed by atoms with E-state index < -0.39 is 17.8 Å². The van der Waals surface area contributed by atoms with Crippen molar-refractivity contribution < 1.29 is 19.1 Å². The Labute approximate surface area is 141 Å².